The van der Waals surface area contributed by atoms with Gasteiger partial charge in [0.1, 0.15) is 0 Å². The Kier molecular flexibility index (Phi) is 6.10. The van der Waals surface area contributed by atoms with Gasteiger partial charge in [0, 0.05) is 35.2 Å². The van der Waals surface area contributed by atoms with Gasteiger partial charge in [-0.05, 0) is 95.5 Å². The first-order valence-electron chi connectivity index (χ1n) is 11.4. The van der Waals surface area contributed by atoms with E-state index in [4.69, 9.17) is 0 Å². The van der Waals surface area contributed by atoms with E-state index in [0.29, 0.717) is 5.95 Å². The van der Waals surface area contributed by atoms with Crippen molar-refractivity contribution in [1.82, 2.24) is 19.9 Å². The number of aryl methyl sites for hydroxylation is 1. The van der Waals surface area contributed by atoms with Gasteiger partial charge in [-0.3, -0.25) is 9.88 Å². The number of hydrogen-bond donors (Lipinski definition) is 2. The van der Waals surface area contributed by atoms with Crippen LogP contribution >= 0.6 is 0 Å². The highest BCUT2D eigenvalue weighted by Gasteiger charge is 2.43. The maximum absolute atomic E-state index is 14.6. The van der Waals surface area contributed by atoms with Gasteiger partial charge in [0.25, 0.3) is 0 Å². The number of halogens is 1. The van der Waals surface area contributed by atoms with Gasteiger partial charge in [-0.1, -0.05) is 6.07 Å². The zero-order chi connectivity index (χ0) is 23.8. The van der Waals surface area contributed by atoms with Gasteiger partial charge < -0.3 is 10.6 Å². The SMILES string of the molecule is Cc1cc(Nc2ncc(F)c(NC3CC(C)(C)N(C)C(C)(C)C3)n2)ccc1-c1ccncc1. The minimum Gasteiger partial charge on any atom is -0.365 e. The first-order valence-corrected chi connectivity index (χ1v) is 11.4. The van der Waals surface area contributed by atoms with Crippen molar-refractivity contribution in [2.75, 3.05) is 17.7 Å². The third-order valence-corrected chi connectivity index (χ3v) is 6.87. The molecule has 2 N–H and O–H groups in total. The highest BCUT2D eigenvalue weighted by atomic mass is 19.1. The van der Waals surface area contributed by atoms with Crippen molar-refractivity contribution in [1.29, 1.82) is 0 Å². The first kappa shape index (κ1) is 23.1. The van der Waals surface area contributed by atoms with Gasteiger partial charge in [-0.15, -0.1) is 0 Å². The zero-order valence-electron chi connectivity index (χ0n) is 20.3. The van der Waals surface area contributed by atoms with Crippen LogP contribution in [0.15, 0.2) is 48.9 Å². The highest BCUT2D eigenvalue weighted by molar-refractivity contribution is 5.70. The summed E-state index contributed by atoms with van der Waals surface area (Å²) in [6.45, 7) is 11.0. The predicted octanol–water partition coefficient (Wildman–Crippen LogP) is 5.79. The van der Waals surface area contributed by atoms with Crippen LogP contribution in [0.3, 0.4) is 0 Å². The van der Waals surface area contributed by atoms with Crippen molar-refractivity contribution in [3.63, 3.8) is 0 Å². The Hall–Kier alpha value is -3.06. The van der Waals surface area contributed by atoms with Gasteiger partial charge in [-0.2, -0.15) is 4.98 Å². The summed E-state index contributed by atoms with van der Waals surface area (Å²) < 4.78 is 14.6. The summed E-state index contributed by atoms with van der Waals surface area (Å²) in [4.78, 5) is 15.1. The van der Waals surface area contributed by atoms with Crippen LogP contribution < -0.4 is 10.6 Å². The van der Waals surface area contributed by atoms with Crippen LogP contribution in [0.5, 0.6) is 0 Å². The van der Waals surface area contributed by atoms with Crippen molar-refractivity contribution < 1.29 is 4.39 Å². The smallest absolute Gasteiger partial charge is 0.229 e. The molecule has 174 valence electrons. The molecular weight excluding hydrogens is 415 g/mol. The summed E-state index contributed by atoms with van der Waals surface area (Å²) in [5, 5.41) is 6.57. The van der Waals surface area contributed by atoms with Gasteiger partial charge in [-0.25, -0.2) is 9.37 Å². The van der Waals surface area contributed by atoms with E-state index in [9.17, 15) is 4.39 Å². The van der Waals surface area contributed by atoms with Crippen LogP contribution in [-0.4, -0.2) is 44.0 Å². The van der Waals surface area contributed by atoms with E-state index in [-0.39, 0.29) is 22.9 Å². The van der Waals surface area contributed by atoms with Gasteiger partial charge in [0.05, 0.1) is 6.20 Å². The van der Waals surface area contributed by atoms with E-state index in [1.54, 1.807) is 12.4 Å². The van der Waals surface area contributed by atoms with Crippen LogP contribution in [0.25, 0.3) is 11.1 Å². The number of nitrogens with one attached hydrogen (secondary N) is 2. The molecule has 0 aliphatic carbocycles. The van der Waals surface area contributed by atoms with E-state index in [0.717, 1.165) is 35.2 Å². The monoisotopic (exact) mass is 448 g/mol. The van der Waals surface area contributed by atoms with Gasteiger partial charge in [0.15, 0.2) is 11.6 Å². The highest BCUT2D eigenvalue weighted by Crippen LogP contribution is 2.38. The van der Waals surface area contributed by atoms with Crippen LogP contribution in [0.2, 0.25) is 0 Å². The summed E-state index contributed by atoms with van der Waals surface area (Å²) in [6, 6.07) is 10.2. The third kappa shape index (κ3) is 4.98. The van der Waals surface area contributed by atoms with E-state index < -0.39 is 5.82 Å². The average Bonchev–Trinajstić information content (AvgIpc) is 2.75. The van der Waals surface area contributed by atoms with Crippen LogP contribution in [0, 0.1) is 12.7 Å². The molecule has 4 rings (SSSR count). The molecule has 2 aromatic heterocycles. The Morgan fingerprint density at radius 1 is 1.03 bits per heavy atom. The number of hydrogen-bond acceptors (Lipinski definition) is 6. The lowest BCUT2D eigenvalue weighted by molar-refractivity contribution is -0.00778. The third-order valence-electron chi connectivity index (χ3n) is 6.87. The number of piperidine rings is 1. The van der Waals surface area contributed by atoms with Crippen molar-refractivity contribution in [2.24, 2.45) is 0 Å². The van der Waals surface area contributed by atoms with E-state index in [2.05, 4.69) is 78.2 Å². The Balaban J connectivity index is 1.52. The number of anilines is 3. The Morgan fingerprint density at radius 2 is 1.70 bits per heavy atom. The standard InChI is InChI=1S/C26H33FN6/c1-17-13-19(7-8-21(17)18-9-11-28-12-10-18)31-24-29-16-22(27)23(32-24)30-20-14-25(2,3)33(6)26(4,5)15-20/h7-13,16,20H,14-15H2,1-6H3,(H2,29,30,31,32). The lowest BCUT2D eigenvalue weighted by Gasteiger charge is -2.53. The molecule has 3 heterocycles. The van der Waals surface area contributed by atoms with Crippen molar-refractivity contribution in [2.45, 2.75) is 64.6 Å². The van der Waals surface area contributed by atoms with Crippen molar-refractivity contribution >= 4 is 17.5 Å². The molecule has 6 nitrogen and oxygen atoms in total. The molecule has 1 fully saturated rings. The second-order valence-corrected chi connectivity index (χ2v) is 10.2. The number of aromatic nitrogens is 3. The summed E-state index contributed by atoms with van der Waals surface area (Å²) in [7, 11) is 2.16. The first-order chi connectivity index (χ1) is 15.5. The van der Waals surface area contributed by atoms with E-state index in [1.165, 1.54) is 6.20 Å². The molecule has 1 saturated heterocycles. The van der Waals surface area contributed by atoms with E-state index >= 15 is 0 Å². The second kappa shape index (κ2) is 8.71. The minimum atomic E-state index is -0.445. The molecule has 3 aromatic rings. The fourth-order valence-corrected chi connectivity index (χ4v) is 4.92. The Morgan fingerprint density at radius 3 is 2.33 bits per heavy atom. The maximum Gasteiger partial charge on any atom is 0.229 e. The topological polar surface area (TPSA) is 66.0 Å². The van der Waals surface area contributed by atoms with Crippen LogP contribution in [0.4, 0.5) is 21.8 Å². The largest absolute Gasteiger partial charge is 0.365 e. The number of pyridine rings is 1. The average molecular weight is 449 g/mol. The molecule has 1 aliphatic heterocycles. The molecule has 7 heteroatoms. The summed E-state index contributed by atoms with van der Waals surface area (Å²) >= 11 is 0. The molecule has 1 aromatic carbocycles. The molecule has 1 aliphatic rings. The van der Waals surface area contributed by atoms with Gasteiger partial charge >= 0.3 is 0 Å². The maximum atomic E-state index is 14.6. The van der Waals surface area contributed by atoms with Crippen LogP contribution in [-0.2, 0) is 0 Å². The zero-order valence-corrected chi connectivity index (χ0v) is 20.3. The molecule has 0 saturated carbocycles. The molecule has 0 unspecified atom stereocenters. The van der Waals surface area contributed by atoms with Crippen molar-refractivity contribution in [3.8, 4) is 11.1 Å². The number of benzene rings is 1. The minimum absolute atomic E-state index is 0.00189. The fourth-order valence-electron chi connectivity index (χ4n) is 4.92. The Labute approximate surface area is 195 Å². The molecule has 0 atom stereocenters. The lowest BCUT2D eigenvalue weighted by Crippen LogP contribution is -2.61. The fraction of sp³-hybridized carbons (Fsp3) is 0.423. The molecule has 33 heavy (non-hydrogen) atoms. The second-order valence-electron chi connectivity index (χ2n) is 10.2. The summed E-state index contributed by atoms with van der Waals surface area (Å²) in [5.41, 5.74) is 4.21. The number of likely N-dealkylation sites (tertiary alicyclic amines) is 1. The quantitative estimate of drug-likeness (QED) is 0.515. The lowest BCUT2D eigenvalue weighted by atomic mass is 9.77. The van der Waals surface area contributed by atoms with Crippen molar-refractivity contribution in [3.05, 3.63) is 60.3 Å². The Bertz CT molecular complexity index is 1110. The molecule has 0 radical (unpaired) electrons. The molecule has 0 bridgehead atoms. The van der Waals surface area contributed by atoms with Crippen LogP contribution in [0.1, 0.15) is 46.1 Å². The summed E-state index contributed by atoms with van der Waals surface area (Å²) in [5.74, 6) is 0.152. The molecule has 0 amide bonds. The predicted molar refractivity (Wildman–Crippen MR) is 132 cm³/mol. The van der Waals surface area contributed by atoms with Gasteiger partial charge in [0.2, 0.25) is 5.95 Å². The van der Waals surface area contributed by atoms with E-state index in [1.807, 2.05) is 24.3 Å². The molecule has 0 spiro atoms. The number of nitrogens with zero attached hydrogens (tertiary/aromatic N) is 4. The summed E-state index contributed by atoms with van der Waals surface area (Å²) in [6.07, 6.45) is 6.59. The molecular formula is C26H33FN6. The normalized spacial score (nSPS) is 18.2. The number of rotatable bonds is 5.